The van der Waals surface area contributed by atoms with Crippen LogP contribution < -0.4 is 5.73 Å². The highest BCUT2D eigenvalue weighted by Crippen LogP contribution is 2.23. The summed E-state index contributed by atoms with van der Waals surface area (Å²) in [6.45, 7) is 2.58. The van der Waals surface area contributed by atoms with E-state index < -0.39 is 0 Å². The zero-order valence-corrected chi connectivity index (χ0v) is 8.51. The molecule has 2 heterocycles. The number of nitrogens with two attached hydrogens (primary N) is 1. The third kappa shape index (κ3) is 1.81. The fourth-order valence-corrected chi connectivity index (χ4v) is 1.69. The molecule has 0 radical (unpaired) electrons. The van der Waals surface area contributed by atoms with E-state index in [-0.39, 0.29) is 11.9 Å². The van der Waals surface area contributed by atoms with Crippen LogP contribution in [0.1, 0.15) is 18.4 Å². The first kappa shape index (κ1) is 9.64. The Morgan fingerprint density at radius 3 is 3.00 bits per heavy atom. The number of aromatic nitrogens is 1. The maximum atomic E-state index is 7.32. The molecule has 3 N–H and O–H groups in total. The highest BCUT2D eigenvalue weighted by molar-refractivity contribution is 5.92. The van der Waals surface area contributed by atoms with Gasteiger partial charge in [-0.25, -0.2) is 5.01 Å². The summed E-state index contributed by atoms with van der Waals surface area (Å²) >= 11 is 0. The number of hydrazone groups is 1. The van der Waals surface area contributed by atoms with Gasteiger partial charge in [0.05, 0.1) is 6.54 Å². The van der Waals surface area contributed by atoms with Crippen LogP contribution in [0.25, 0.3) is 0 Å². The monoisotopic (exact) mass is 203 g/mol. The molecule has 0 bridgehead atoms. The Balaban J connectivity index is 2.22. The van der Waals surface area contributed by atoms with Gasteiger partial charge >= 0.3 is 0 Å². The van der Waals surface area contributed by atoms with E-state index in [0.29, 0.717) is 6.54 Å². The van der Waals surface area contributed by atoms with Crippen molar-refractivity contribution in [3.8, 4) is 0 Å². The molecule has 5 heteroatoms. The van der Waals surface area contributed by atoms with E-state index in [1.807, 2.05) is 25.3 Å². The zero-order valence-electron chi connectivity index (χ0n) is 8.51. The van der Waals surface area contributed by atoms with Gasteiger partial charge < -0.3 is 5.73 Å². The molecule has 15 heavy (non-hydrogen) atoms. The Bertz CT molecular complexity index is 398. The molecule has 1 aliphatic rings. The summed E-state index contributed by atoms with van der Waals surface area (Å²) in [5, 5.41) is 13.0. The lowest BCUT2D eigenvalue weighted by Gasteiger charge is -2.13. The van der Waals surface area contributed by atoms with Crippen LogP contribution in [0.3, 0.4) is 0 Å². The topological polar surface area (TPSA) is 78.4 Å². The first-order valence-corrected chi connectivity index (χ1v) is 4.75. The Labute approximate surface area is 88.1 Å². The van der Waals surface area contributed by atoms with E-state index in [1.165, 1.54) is 5.01 Å². The maximum Gasteiger partial charge on any atom is 0.209 e. The van der Waals surface area contributed by atoms with Gasteiger partial charge in [-0.05, 0) is 18.6 Å². The summed E-state index contributed by atoms with van der Waals surface area (Å²) in [6.07, 6.45) is 3.57. The zero-order chi connectivity index (χ0) is 10.8. The molecule has 0 spiro atoms. The van der Waals surface area contributed by atoms with Gasteiger partial charge in [0.15, 0.2) is 0 Å². The third-order valence-electron chi connectivity index (χ3n) is 2.50. The molecule has 1 aliphatic heterocycles. The summed E-state index contributed by atoms with van der Waals surface area (Å²) < 4.78 is 0. The number of guanidine groups is 1. The summed E-state index contributed by atoms with van der Waals surface area (Å²) in [5.41, 5.74) is 7.47. The normalized spacial score (nSPS) is 20.2. The molecule has 1 aromatic heterocycles. The predicted molar refractivity (Wildman–Crippen MR) is 58.7 cm³/mol. The highest BCUT2D eigenvalue weighted by Gasteiger charge is 2.26. The van der Waals surface area contributed by atoms with Crippen LogP contribution >= 0.6 is 0 Å². The van der Waals surface area contributed by atoms with Crippen molar-refractivity contribution < 1.29 is 0 Å². The van der Waals surface area contributed by atoms with E-state index in [4.69, 9.17) is 11.1 Å². The average Bonchev–Trinajstić information content (AvgIpc) is 2.62. The van der Waals surface area contributed by atoms with Crippen LogP contribution in [0.15, 0.2) is 29.6 Å². The molecule has 0 aliphatic carbocycles. The van der Waals surface area contributed by atoms with Crippen LogP contribution in [0.2, 0.25) is 0 Å². The van der Waals surface area contributed by atoms with Crippen LogP contribution in [-0.4, -0.2) is 28.2 Å². The van der Waals surface area contributed by atoms with E-state index >= 15 is 0 Å². The lowest BCUT2D eigenvalue weighted by molar-refractivity contribution is 0.466. The van der Waals surface area contributed by atoms with Crippen LogP contribution in [0, 0.1) is 5.41 Å². The van der Waals surface area contributed by atoms with Gasteiger partial charge in [0.1, 0.15) is 0 Å². The van der Waals surface area contributed by atoms with Crippen molar-refractivity contribution in [1.29, 1.82) is 5.41 Å². The van der Waals surface area contributed by atoms with Gasteiger partial charge in [0, 0.05) is 24.0 Å². The minimum Gasteiger partial charge on any atom is -0.369 e. The fourth-order valence-electron chi connectivity index (χ4n) is 1.69. The van der Waals surface area contributed by atoms with Gasteiger partial charge in [-0.3, -0.25) is 10.4 Å². The van der Waals surface area contributed by atoms with Gasteiger partial charge in [0.25, 0.3) is 0 Å². The van der Waals surface area contributed by atoms with Gasteiger partial charge in [-0.2, -0.15) is 5.10 Å². The van der Waals surface area contributed by atoms with Crippen molar-refractivity contribution in [2.24, 2.45) is 10.8 Å². The SMILES string of the molecule is CC1=NN(C(=N)N)CC1c1cccnc1. The fraction of sp³-hybridized carbons (Fsp3) is 0.300. The summed E-state index contributed by atoms with van der Waals surface area (Å²) in [7, 11) is 0. The molecule has 5 nitrogen and oxygen atoms in total. The van der Waals surface area contributed by atoms with E-state index in [0.717, 1.165) is 11.3 Å². The Kier molecular flexibility index (Phi) is 2.37. The second-order valence-electron chi connectivity index (χ2n) is 3.55. The second kappa shape index (κ2) is 3.68. The summed E-state index contributed by atoms with van der Waals surface area (Å²) in [4.78, 5) is 4.08. The average molecular weight is 203 g/mol. The first-order valence-electron chi connectivity index (χ1n) is 4.75. The molecule has 0 amide bonds. The number of nitrogens with zero attached hydrogens (tertiary/aromatic N) is 3. The van der Waals surface area contributed by atoms with Crippen molar-refractivity contribution in [3.63, 3.8) is 0 Å². The van der Waals surface area contributed by atoms with Gasteiger partial charge in [-0.15, -0.1) is 0 Å². The lowest BCUT2D eigenvalue weighted by atomic mass is 9.97. The number of hydrogen-bond donors (Lipinski definition) is 2. The number of nitrogens with one attached hydrogen (secondary N) is 1. The molecule has 0 saturated heterocycles. The van der Waals surface area contributed by atoms with Crippen molar-refractivity contribution in [2.45, 2.75) is 12.8 Å². The highest BCUT2D eigenvalue weighted by atomic mass is 15.5. The lowest BCUT2D eigenvalue weighted by Crippen LogP contribution is -2.31. The van der Waals surface area contributed by atoms with Crippen molar-refractivity contribution in [3.05, 3.63) is 30.1 Å². The van der Waals surface area contributed by atoms with E-state index in [1.54, 1.807) is 6.20 Å². The van der Waals surface area contributed by atoms with Gasteiger partial charge in [0.2, 0.25) is 5.96 Å². The van der Waals surface area contributed by atoms with Crippen LogP contribution in [0.5, 0.6) is 0 Å². The number of pyridine rings is 1. The van der Waals surface area contributed by atoms with E-state index in [9.17, 15) is 0 Å². The molecule has 0 fully saturated rings. The molecule has 0 saturated carbocycles. The van der Waals surface area contributed by atoms with Crippen molar-refractivity contribution in [2.75, 3.05) is 6.54 Å². The molecular formula is C10H13N5. The largest absolute Gasteiger partial charge is 0.369 e. The predicted octanol–water partition coefficient (Wildman–Crippen LogP) is 0.750. The number of hydrogen-bond acceptors (Lipinski definition) is 3. The minimum atomic E-state index is -0.0132. The van der Waals surface area contributed by atoms with E-state index in [2.05, 4.69) is 10.1 Å². The summed E-state index contributed by atoms with van der Waals surface area (Å²) in [5.74, 6) is 0.184. The quantitative estimate of drug-likeness (QED) is 0.522. The molecule has 78 valence electrons. The Morgan fingerprint density at radius 2 is 2.47 bits per heavy atom. The first-order chi connectivity index (χ1) is 7.18. The molecule has 1 unspecified atom stereocenters. The molecule has 1 atom stereocenters. The van der Waals surface area contributed by atoms with Gasteiger partial charge in [-0.1, -0.05) is 6.07 Å². The molecule has 1 aromatic rings. The van der Waals surface area contributed by atoms with Crippen molar-refractivity contribution in [1.82, 2.24) is 9.99 Å². The third-order valence-corrected chi connectivity index (χ3v) is 2.50. The van der Waals surface area contributed by atoms with Crippen LogP contribution in [0.4, 0.5) is 0 Å². The molecule has 2 rings (SSSR count). The maximum absolute atomic E-state index is 7.32. The van der Waals surface area contributed by atoms with Crippen molar-refractivity contribution >= 4 is 11.7 Å². The Hall–Kier alpha value is -1.91. The second-order valence-corrected chi connectivity index (χ2v) is 3.55. The number of rotatable bonds is 1. The molecule has 0 aromatic carbocycles. The minimum absolute atomic E-state index is 0.0132. The molecular weight excluding hydrogens is 190 g/mol. The smallest absolute Gasteiger partial charge is 0.209 e. The standard InChI is InChI=1S/C10H13N5/c1-7-9(6-15(14-7)10(11)12)8-3-2-4-13-5-8/h2-5,9H,6H2,1H3,(H3,11,12). The Morgan fingerprint density at radius 1 is 1.67 bits per heavy atom. The summed E-state index contributed by atoms with van der Waals surface area (Å²) in [6, 6.07) is 3.92. The van der Waals surface area contributed by atoms with Crippen LogP contribution in [-0.2, 0) is 0 Å².